The van der Waals surface area contributed by atoms with Gasteiger partial charge in [0.15, 0.2) is 0 Å². The van der Waals surface area contributed by atoms with E-state index < -0.39 is 0 Å². The van der Waals surface area contributed by atoms with Crippen LogP contribution in [-0.2, 0) is 0 Å². The molecule has 1 unspecified atom stereocenters. The standard InChI is InChI=1S/C4H8ClNO/c1-4(2-5)3-6-7/h3-4,7H,2H2,1H3/b6-3-. The van der Waals surface area contributed by atoms with E-state index in [9.17, 15) is 0 Å². The summed E-state index contributed by atoms with van der Waals surface area (Å²) in [4.78, 5) is 0. The van der Waals surface area contributed by atoms with Gasteiger partial charge in [0.05, 0.1) is 0 Å². The van der Waals surface area contributed by atoms with Crippen molar-refractivity contribution in [1.29, 1.82) is 0 Å². The van der Waals surface area contributed by atoms with E-state index in [0.717, 1.165) is 0 Å². The van der Waals surface area contributed by atoms with Gasteiger partial charge in [0.2, 0.25) is 0 Å². The lowest BCUT2D eigenvalue weighted by Crippen LogP contribution is -1.95. The molecule has 0 aromatic heterocycles. The molecule has 0 amide bonds. The topological polar surface area (TPSA) is 32.6 Å². The minimum absolute atomic E-state index is 0.173. The van der Waals surface area contributed by atoms with E-state index in [1.807, 2.05) is 6.92 Å². The molecule has 1 atom stereocenters. The summed E-state index contributed by atoms with van der Waals surface area (Å²) >= 11 is 5.33. The summed E-state index contributed by atoms with van der Waals surface area (Å²) in [6, 6.07) is 0. The van der Waals surface area contributed by atoms with E-state index in [4.69, 9.17) is 16.8 Å². The summed E-state index contributed by atoms with van der Waals surface area (Å²) < 4.78 is 0. The van der Waals surface area contributed by atoms with Crippen molar-refractivity contribution in [2.45, 2.75) is 6.92 Å². The molecule has 1 N–H and O–H groups in total. The molecule has 0 aromatic carbocycles. The fourth-order valence-corrected chi connectivity index (χ4v) is 0.233. The van der Waals surface area contributed by atoms with Gasteiger partial charge in [-0.3, -0.25) is 0 Å². The SMILES string of the molecule is CC(/C=N\O)CCl. The highest BCUT2D eigenvalue weighted by molar-refractivity contribution is 6.18. The molecule has 0 bridgehead atoms. The minimum Gasteiger partial charge on any atom is -0.411 e. The van der Waals surface area contributed by atoms with Gasteiger partial charge in [0.25, 0.3) is 0 Å². The lowest BCUT2D eigenvalue weighted by Gasteiger charge is -1.91. The van der Waals surface area contributed by atoms with Crippen LogP contribution in [-0.4, -0.2) is 17.3 Å². The molecular weight excluding hydrogens is 114 g/mol. The highest BCUT2D eigenvalue weighted by atomic mass is 35.5. The summed E-state index contributed by atoms with van der Waals surface area (Å²) in [5.74, 6) is 0.677. The normalized spacial score (nSPS) is 15.1. The zero-order valence-corrected chi connectivity index (χ0v) is 4.89. The highest BCUT2D eigenvalue weighted by Gasteiger charge is 1.90. The maximum absolute atomic E-state index is 7.88. The molecule has 2 nitrogen and oxygen atoms in total. The van der Waals surface area contributed by atoms with Gasteiger partial charge in [-0.15, -0.1) is 16.8 Å². The van der Waals surface area contributed by atoms with Crippen molar-refractivity contribution in [3.05, 3.63) is 0 Å². The first-order valence-electron chi connectivity index (χ1n) is 2.04. The quantitative estimate of drug-likeness (QED) is 0.254. The number of rotatable bonds is 2. The van der Waals surface area contributed by atoms with Crippen LogP contribution in [0.15, 0.2) is 5.16 Å². The molecule has 0 spiro atoms. The average molecular weight is 122 g/mol. The summed E-state index contributed by atoms with van der Waals surface area (Å²) in [5, 5.41) is 10.7. The van der Waals surface area contributed by atoms with Gasteiger partial charge in [-0.05, 0) is 0 Å². The Bertz CT molecular complexity index is 64.7. The summed E-state index contributed by atoms with van der Waals surface area (Å²) in [7, 11) is 0. The van der Waals surface area contributed by atoms with E-state index >= 15 is 0 Å². The zero-order valence-electron chi connectivity index (χ0n) is 4.13. The van der Waals surface area contributed by atoms with Crippen molar-refractivity contribution < 1.29 is 5.21 Å². The van der Waals surface area contributed by atoms with E-state index in [-0.39, 0.29) is 5.92 Å². The third-order valence-electron chi connectivity index (χ3n) is 0.565. The maximum atomic E-state index is 7.88. The molecule has 0 aliphatic heterocycles. The number of oxime groups is 1. The number of alkyl halides is 1. The Labute approximate surface area is 47.8 Å². The molecule has 0 radical (unpaired) electrons. The van der Waals surface area contributed by atoms with Gasteiger partial charge in [-0.2, -0.15) is 0 Å². The molecule has 0 saturated heterocycles. The van der Waals surface area contributed by atoms with Crippen molar-refractivity contribution >= 4 is 17.8 Å². The summed E-state index contributed by atoms with van der Waals surface area (Å²) in [6.07, 6.45) is 1.40. The smallest absolute Gasteiger partial charge is 0.0475 e. The first-order chi connectivity index (χ1) is 3.31. The summed E-state index contributed by atoms with van der Waals surface area (Å²) in [5.41, 5.74) is 0. The summed E-state index contributed by atoms with van der Waals surface area (Å²) in [6.45, 7) is 1.87. The van der Waals surface area contributed by atoms with Crippen LogP contribution in [0.5, 0.6) is 0 Å². The van der Waals surface area contributed by atoms with Gasteiger partial charge < -0.3 is 5.21 Å². The van der Waals surface area contributed by atoms with Crippen LogP contribution < -0.4 is 0 Å². The Morgan fingerprint density at radius 1 is 2.00 bits per heavy atom. The number of halogens is 1. The molecule has 0 aliphatic rings. The number of hydrogen-bond donors (Lipinski definition) is 1. The van der Waals surface area contributed by atoms with Crippen LogP contribution in [0.1, 0.15) is 6.92 Å². The monoisotopic (exact) mass is 121 g/mol. The second-order valence-electron chi connectivity index (χ2n) is 1.40. The second kappa shape index (κ2) is 3.93. The Balaban J connectivity index is 3.16. The van der Waals surface area contributed by atoms with Crippen LogP contribution >= 0.6 is 11.6 Å². The molecule has 42 valence electrons. The van der Waals surface area contributed by atoms with Gasteiger partial charge >= 0.3 is 0 Å². The molecule has 0 saturated carbocycles. The van der Waals surface area contributed by atoms with Crippen molar-refractivity contribution in [3.63, 3.8) is 0 Å². The van der Waals surface area contributed by atoms with E-state index in [1.54, 1.807) is 0 Å². The molecule has 0 fully saturated rings. The van der Waals surface area contributed by atoms with Crippen LogP contribution in [0.2, 0.25) is 0 Å². The van der Waals surface area contributed by atoms with E-state index in [2.05, 4.69) is 5.16 Å². The molecule has 7 heavy (non-hydrogen) atoms. The van der Waals surface area contributed by atoms with Gasteiger partial charge in [0.1, 0.15) is 0 Å². The van der Waals surface area contributed by atoms with Gasteiger partial charge in [-0.25, -0.2) is 0 Å². The van der Waals surface area contributed by atoms with Crippen molar-refractivity contribution in [1.82, 2.24) is 0 Å². The molecule has 3 heteroatoms. The zero-order chi connectivity index (χ0) is 5.70. The number of hydrogen-bond acceptors (Lipinski definition) is 2. The molecule has 0 rings (SSSR count). The Morgan fingerprint density at radius 3 is 2.71 bits per heavy atom. The van der Waals surface area contributed by atoms with Gasteiger partial charge in [-0.1, -0.05) is 6.92 Å². The minimum atomic E-state index is 0.173. The van der Waals surface area contributed by atoms with E-state index in [0.29, 0.717) is 5.88 Å². The second-order valence-corrected chi connectivity index (χ2v) is 1.70. The van der Waals surface area contributed by atoms with Crippen molar-refractivity contribution in [2.75, 3.05) is 5.88 Å². The van der Waals surface area contributed by atoms with Crippen LogP contribution in [0.4, 0.5) is 0 Å². The van der Waals surface area contributed by atoms with E-state index in [1.165, 1.54) is 6.21 Å². The lowest BCUT2D eigenvalue weighted by molar-refractivity contribution is 0.319. The number of nitrogens with zero attached hydrogens (tertiary/aromatic N) is 1. The van der Waals surface area contributed by atoms with Crippen LogP contribution in [0.3, 0.4) is 0 Å². The van der Waals surface area contributed by atoms with Crippen LogP contribution in [0, 0.1) is 5.92 Å². The fraction of sp³-hybridized carbons (Fsp3) is 0.750. The third-order valence-corrected chi connectivity index (χ3v) is 1.05. The first-order valence-corrected chi connectivity index (χ1v) is 2.58. The molecule has 0 heterocycles. The molecule has 0 aliphatic carbocycles. The largest absolute Gasteiger partial charge is 0.411 e. The Kier molecular flexibility index (Phi) is 3.80. The fourth-order valence-electron chi connectivity index (χ4n) is 0.154. The van der Waals surface area contributed by atoms with Crippen LogP contribution in [0.25, 0.3) is 0 Å². The van der Waals surface area contributed by atoms with Crippen molar-refractivity contribution in [3.8, 4) is 0 Å². The van der Waals surface area contributed by atoms with Gasteiger partial charge in [0, 0.05) is 18.0 Å². The average Bonchev–Trinajstić information content (AvgIpc) is 1.68. The lowest BCUT2D eigenvalue weighted by atomic mass is 10.2. The van der Waals surface area contributed by atoms with Crippen molar-refractivity contribution in [2.24, 2.45) is 11.1 Å². The Morgan fingerprint density at radius 2 is 2.57 bits per heavy atom. The third kappa shape index (κ3) is 3.59. The predicted molar refractivity (Wildman–Crippen MR) is 30.2 cm³/mol. The molecular formula is C4H8ClNO. The first kappa shape index (κ1) is 6.76. The maximum Gasteiger partial charge on any atom is 0.0475 e. The highest BCUT2D eigenvalue weighted by Crippen LogP contribution is 1.91. The predicted octanol–water partition coefficient (Wildman–Crippen LogP) is 1.32. The molecule has 0 aromatic rings. The Hall–Kier alpha value is -0.240.